The number of aliphatic hydroxyl groups excluding tert-OH is 1. The van der Waals surface area contributed by atoms with Gasteiger partial charge in [-0.1, -0.05) is 5.21 Å². The zero-order valence-corrected chi connectivity index (χ0v) is 10.5. The Kier molecular flexibility index (Phi) is 3.91. The molecule has 0 radical (unpaired) electrons. The van der Waals surface area contributed by atoms with Crippen LogP contribution in [0.1, 0.15) is 23.3 Å². The van der Waals surface area contributed by atoms with E-state index in [1.807, 2.05) is 0 Å². The summed E-state index contributed by atoms with van der Waals surface area (Å²) >= 11 is 0. The second kappa shape index (κ2) is 5.61. The number of hydrogen-bond donors (Lipinski definition) is 2. The molecule has 0 bridgehead atoms. The van der Waals surface area contributed by atoms with Gasteiger partial charge in [-0.15, -0.1) is 5.10 Å². The van der Waals surface area contributed by atoms with Crippen molar-refractivity contribution >= 4 is 5.97 Å². The Morgan fingerprint density at radius 3 is 2.79 bits per heavy atom. The van der Waals surface area contributed by atoms with Gasteiger partial charge in [0, 0.05) is 20.2 Å². The molecule has 0 aliphatic heterocycles. The Morgan fingerprint density at radius 2 is 2.21 bits per heavy atom. The Morgan fingerprint density at radius 1 is 1.42 bits per heavy atom. The minimum Gasteiger partial charge on any atom is -0.476 e. The summed E-state index contributed by atoms with van der Waals surface area (Å²) in [5.41, 5.74) is 0.990. The van der Waals surface area contributed by atoms with Crippen molar-refractivity contribution in [1.29, 1.82) is 0 Å². The van der Waals surface area contributed by atoms with E-state index >= 15 is 0 Å². The molecule has 0 unspecified atom stereocenters. The Labute approximate surface area is 109 Å². The van der Waals surface area contributed by atoms with Crippen LogP contribution in [0.3, 0.4) is 0 Å². The van der Waals surface area contributed by atoms with Crippen LogP contribution < -0.4 is 0 Å². The number of aliphatic hydroxyl groups is 1. The zero-order chi connectivity index (χ0) is 13.8. The first-order chi connectivity index (χ1) is 9.15. The van der Waals surface area contributed by atoms with E-state index in [4.69, 9.17) is 10.2 Å². The molecule has 0 saturated heterocycles. The summed E-state index contributed by atoms with van der Waals surface area (Å²) in [7, 11) is 1.78. The first-order valence-electron chi connectivity index (χ1n) is 5.89. The summed E-state index contributed by atoms with van der Waals surface area (Å²) in [5, 5.41) is 25.5. The zero-order valence-electron chi connectivity index (χ0n) is 10.5. The summed E-state index contributed by atoms with van der Waals surface area (Å²) in [6.45, 7) is 0.600. The lowest BCUT2D eigenvalue weighted by atomic mass is 10.2. The van der Waals surface area contributed by atoms with Crippen molar-refractivity contribution in [3.05, 3.63) is 18.2 Å². The normalized spacial score (nSPS) is 10.8. The van der Waals surface area contributed by atoms with Gasteiger partial charge in [0.1, 0.15) is 5.69 Å². The van der Waals surface area contributed by atoms with E-state index in [1.54, 1.807) is 24.1 Å². The SMILES string of the molecule is Cn1cncc1-c1c(C(=O)O)nnn1CCCCO. The Bertz CT molecular complexity index is 575. The van der Waals surface area contributed by atoms with Gasteiger partial charge in [0.05, 0.1) is 18.2 Å². The van der Waals surface area contributed by atoms with Crippen LogP contribution >= 0.6 is 0 Å². The van der Waals surface area contributed by atoms with E-state index in [2.05, 4.69) is 15.3 Å². The smallest absolute Gasteiger partial charge is 0.358 e. The van der Waals surface area contributed by atoms with Crippen molar-refractivity contribution < 1.29 is 15.0 Å². The number of carbonyl (C=O) groups is 1. The minimum atomic E-state index is -1.12. The fourth-order valence-corrected chi connectivity index (χ4v) is 1.83. The highest BCUT2D eigenvalue weighted by molar-refractivity contribution is 5.92. The standard InChI is InChI=1S/C11H15N5O3/c1-15-7-12-6-8(15)10-9(11(18)19)13-14-16(10)4-2-3-5-17/h6-7,17H,2-5H2,1H3,(H,18,19). The van der Waals surface area contributed by atoms with Crippen LogP contribution in [-0.4, -0.2) is 47.3 Å². The molecule has 0 amide bonds. The van der Waals surface area contributed by atoms with Gasteiger partial charge in [-0.25, -0.2) is 14.5 Å². The van der Waals surface area contributed by atoms with Gasteiger partial charge >= 0.3 is 5.97 Å². The molecule has 0 fully saturated rings. The third kappa shape index (κ3) is 2.63. The van der Waals surface area contributed by atoms with Crippen LogP contribution in [0.5, 0.6) is 0 Å². The van der Waals surface area contributed by atoms with Crippen molar-refractivity contribution in [3.63, 3.8) is 0 Å². The number of aromatic carboxylic acids is 1. The number of imidazole rings is 1. The minimum absolute atomic E-state index is 0.0902. The summed E-state index contributed by atoms with van der Waals surface area (Å²) in [5.74, 6) is -1.12. The molecule has 0 aromatic carbocycles. The molecule has 2 aromatic rings. The first kappa shape index (κ1) is 13.2. The third-order valence-electron chi connectivity index (χ3n) is 2.78. The maximum Gasteiger partial charge on any atom is 0.358 e. The molecule has 8 nitrogen and oxygen atoms in total. The van der Waals surface area contributed by atoms with E-state index in [0.717, 1.165) is 0 Å². The number of aromatic nitrogens is 5. The molecular weight excluding hydrogens is 250 g/mol. The van der Waals surface area contributed by atoms with E-state index in [1.165, 1.54) is 4.68 Å². The van der Waals surface area contributed by atoms with Crippen LogP contribution in [0.4, 0.5) is 0 Å². The maximum absolute atomic E-state index is 11.2. The molecule has 19 heavy (non-hydrogen) atoms. The molecule has 2 rings (SSSR count). The van der Waals surface area contributed by atoms with Crippen LogP contribution in [0.25, 0.3) is 11.4 Å². The van der Waals surface area contributed by atoms with E-state index in [-0.39, 0.29) is 12.3 Å². The molecule has 102 valence electrons. The van der Waals surface area contributed by atoms with Crippen LogP contribution in [-0.2, 0) is 13.6 Å². The Hall–Kier alpha value is -2.22. The number of nitrogens with zero attached hydrogens (tertiary/aromatic N) is 5. The first-order valence-corrected chi connectivity index (χ1v) is 5.89. The van der Waals surface area contributed by atoms with Gasteiger partial charge < -0.3 is 14.8 Å². The highest BCUT2D eigenvalue weighted by Gasteiger charge is 2.22. The van der Waals surface area contributed by atoms with Crippen molar-refractivity contribution in [2.75, 3.05) is 6.61 Å². The average Bonchev–Trinajstić information content (AvgIpc) is 2.95. The van der Waals surface area contributed by atoms with Crippen molar-refractivity contribution in [1.82, 2.24) is 24.5 Å². The van der Waals surface area contributed by atoms with Crippen molar-refractivity contribution in [2.45, 2.75) is 19.4 Å². The second-order valence-electron chi connectivity index (χ2n) is 4.14. The summed E-state index contributed by atoms with van der Waals surface area (Å²) in [4.78, 5) is 15.2. The topological polar surface area (TPSA) is 106 Å². The predicted molar refractivity (Wildman–Crippen MR) is 65.5 cm³/mol. The summed E-state index contributed by atoms with van der Waals surface area (Å²) in [6, 6.07) is 0. The summed E-state index contributed by atoms with van der Waals surface area (Å²) in [6.07, 6.45) is 4.50. The largest absolute Gasteiger partial charge is 0.476 e. The highest BCUT2D eigenvalue weighted by Crippen LogP contribution is 2.21. The lowest BCUT2D eigenvalue weighted by Gasteiger charge is -2.07. The van der Waals surface area contributed by atoms with Crippen LogP contribution in [0.2, 0.25) is 0 Å². The average molecular weight is 265 g/mol. The molecule has 2 aromatic heterocycles. The van der Waals surface area contributed by atoms with Gasteiger partial charge in [-0.05, 0) is 12.8 Å². The second-order valence-corrected chi connectivity index (χ2v) is 4.14. The number of hydrogen-bond acceptors (Lipinski definition) is 5. The number of carboxylic acids is 1. The Balaban J connectivity index is 2.40. The molecule has 8 heteroatoms. The lowest BCUT2D eigenvalue weighted by molar-refractivity contribution is 0.0691. The lowest BCUT2D eigenvalue weighted by Crippen LogP contribution is -2.07. The van der Waals surface area contributed by atoms with E-state index in [0.29, 0.717) is 30.8 Å². The van der Waals surface area contributed by atoms with Gasteiger partial charge in [-0.2, -0.15) is 0 Å². The van der Waals surface area contributed by atoms with Crippen LogP contribution in [0, 0.1) is 0 Å². The van der Waals surface area contributed by atoms with Crippen LogP contribution in [0.15, 0.2) is 12.5 Å². The quantitative estimate of drug-likeness (QED) is 0.720. The van der Waals surface area contributed by atoms with Gasteiger partial charge in [0.25, 0.3) is 0 Å². The molecule has 0 aliphatic rings. The van der Waals surface area contributed by atoms with Crippen molar-refractivity contribution in [3.8, 4) is 11.4 Å². The summed E-state index contributed by atoms with van der Waals surface area (Å²) < 4.78 is 3.25. The number of unbranched alkanes of at least 4 members (excludes halogenated alkanes) is 1. The van der Waals surface area contributed by atoms with Gasteiger partial charge in [-0.3, -0.25) is 0 Å². The molecule has 2 heterocycles. The number of aryl methyl sites for hydroxylation is 2. The monoisotopic (exact) mass is 265 g/mol. The molecule has 0 atom stereocenters. The van der Waals surface area contributed by atoms with Gasteiger partial charge in [0.15, 0.2) is 5.69 Å². The molecule has 0 saturated carbocycles. The molecule has 0 aliphatic carbocycles. The molecule has 2 N–H and O–H groups in total. The molecular formula is C11H15N5O3. The maximum atomic E-state index is 11.2. The van der Waals surface area contributed by atoms with Crippen molar-refractivity contribution in [2.24, 2.45) is 7.05 Å². The number of rotatable bonds is 6. The predicted octanol–water partition coefficient (Wildman–Crippen LogP) is 0.149. The molecule has 0 spiro atoms. The van der Waals surface area contributed by atoms with E-state index in [9.17, 15) is 4.79 Å². The van der Waals surface area contributed by atoms with E-state index < -0.39 is 5.97 Å². The fraction of sp³-hybridized carbons (Fsp3) is 0.455. The highest BCUT2D eigenvalue weighted by atomic mass is 16.4. The fourth-order valence-electron chi connectivity index (χ4n) is 1.83. The van der Waals surface area contributed by atoms with Gasteiger partial charge in [0.2, 0.25) is 0 Å². The number of carboxylic acid groups (broad SMARTS) is 1. The third-order valence-corrected chi connectivity index (χ3v) is 2.78.